The molecular formula is C29H35Cl2N3O3. The zero-order chi connectivity index (χ0) is 24.2. The number of carbonyl (C=O) groups excluding carboxylic acids is 1. The van der Waals surface area contributed by atoms with Gasteiger partial charge in [0, 0.05) is 44.0 Å². The molecule has 1 unspecified atom stereocenters. The number of rotatable bonds is 7. The number of piperazine rings is 1. The third kappa shape index (κ3) is 6.32. The molecule has 3 aromatic carbocycles. The Morgan fingerprint density at radius 1 is 0.865 bits per heavy atom. The van der Waals surface area contributed by atoms with E-state index in [1.807, 2.05) is 35.2 Å². The first-order chi connectivity index (χ1) is 17.2. The predicted octanol–water partition coefficient (Wildman–Crippen LogP) is 5.22. The monoisotopic (exact) mass is 543 g/mol. The van der Waals surface area contributed by atoms with Crippen molar-refractivity contribution in [1.29, 1.82) is 0 Å². The Kier molecular flexibility index (Phi) is 10.1. The number of carbonyl (C=O) groups is 1. The van der Waals surface area contributed by atoms with Crippen molar-refractivity contribution in [1.82, 2.24) is 5.32 Å². The molecule has 37 heavy (non-hydrogen) atoms. The van der Waals surface area contributed by atoms with Crippen molar-refractivity contribution in [3.05, 3.63) is 83.4 Å². The van der Waals surface area contributed by atoms with Crippen molar-refractivity contribution in [2.45, 2.75) is 25.3 Å². The van der Waals surface area contributed by atoms with E-state index >= 15 is 0 Å². The molecule has 1 atom stereocenters. The van der Waals surface area contributed by atoms with Crippen LogP contribution >= 0.6 is 24.8 Å². The first-order valence-corrected chi connectivity index (χ1v) is 12.3. The van der Waals surface area contributed by atoms with E-state index in [-0.39, 0.29) is 36.6 Å². The van der Waals surface area contributed by atoms with Gasteiger partial charge < -0.3 is 24.6 Å². The topological polar surface area (TPSA) is 54.0 Å². The van der Waals surface area contributed by atoms with Crippen LogP contribution in [0, 0.1) is 0 Å². The summed E-state index contributed by atoms with van der Waals surface area (Å²) in [5.74, 6) is 1.70. The molecule has 0 bridgehead atoms. The lowest BCUT2D eigenvalue weighted by atomic mass is 9.84. The summed E-state index contributed by atoms with van der Waals surface area (Å²) in [5, 5.41) is 3.43. The standard InChI is InChI=1S/C29H33N3O3.2ClH/c1-34-27-11-8-22(17-28(27)35-2)16-23-18-29(33)32(20-21-6-4-3-5-7-21)26-10-9-24(19-25(23)26)31-14-12-30-13-15-31;;/h3-11,17,19,23,30H,12-16,18,20H2,1-2H3;2*1H. The number of amides is 1. The molecule has 1 saturated heterocycles. The molecule has 3 aromatic rings. The van der Waals surface area contributed by atoms with E-state index in [2.05, 4.69) is 46.6 Å². The zero-order valence-corrected chi connectivity index (χ0v) is 22.9. The van der Waals surface area contributed by atoms with Crippen molar-refractivity contribution in [3.8, 4) is 11.5 Å². The lowest BCUT2D eigenvalue weighted by molar-refractivity contribution is -0.119. The van der Waals surface area contributed by atoms with Gasteiger partial charge >= 0.3 is 0 Å². The molecule has 1 fully saturated rings. The lowest BCUT2D eigenvalue weighted by Gasteiger charge is -2.36. The van der Waals surface area contributed by atoms with Crippen molar-refractivity contribution >= 4 is 42.1 Å². The third-order valence-electron chi connectivity index (χ3n) is 7.06. The molecule has 0 radical (unpaired) electrons. The number of nitrogens with zero attached hydrogens (tertiary/aromatic N) is 2. The summed E-state index contributed by atoms with van der Waals surface area (Å²) in [6, 6.07) is 22.9. The van der Waals surface area contributed by atoms with Gasteiger partial charge in [-0.05, 0) is 59.4 Å². The average molecular weight is 545 g/mol. The molecule has 2 aliphatic rings. The first-order valence-electron chi connectivity index (χ1n) is 12.3. The van der Waals surface area contributed by atoms with E-state index in [1.54, 1.807) is 14.2 Å². The second kappa shape index (κ2) is 13.0. The average Bonchev–Trinajstić information content (AvgIpc) is 2.91. The summed E-state index contributed by atoms with van der Waals surface area (Å²) in [6.07, 6.45) is 1.25. The quantitative estimate of drug-likeness (QED) is 0.442. The zero-order valence-electron chi connectivity index (χ0n) is 21.3. The highest BCUT2D eigenvalue weighted by atomic mass is 35.5. The van der Waals surface area contributed by atoms with Crippen molar-refractivity contribution in [2.24, 2.45) is 0 Å². The van der Waals surface area contributed by atoms with Crippen LogP contribution in [0.4, 0.5) is 11.4 Å². The molecule has 6 nitrogen and oxygen atoms in total. The number of hydrogen-bond donors (Lipinski definition) is 1. The summed E-state index contributed by atoms with van der Waals surface area (Å²) in [5.41, 5.74) is 5.77. The number of fused-ring (bicyclic) bond motifs is 1. The number of nitrogens with one attached hydrogen (secondary N) is 1. The van der Waals surface area contributed by atoms with Crippen LogP contribution in [-0.2, 0) is 17.8 Å². The van der Waals surface area contributed by atoms with Crippen LogP contribution in [0.1, 0.15) is 29.0 Å². The van der Waals surface area contributed by atoms with Gasteiger partial charge in [-0.25, -0.2) is 0 Å². The second-order valence-corrected chi connectivity index (χ2v) is 9.24. The molecule has 0 aliphatic carbocycles. The highest BCUT2D eigenvalue weighted by Crippen LogP contribution is 2.41. The Labute approximate surface area is 231 Å². The number of benzene rings is 3. The minimum Gasteiger partial charge on any atom is -0.493 e. The van der Waals surface area contributed by atoms with Gasteiger partial charge in [0.05, 0.1) is 20.8 Å². The smallest absolute Gasteiger partial charge is 0.227 e. The molecule has 5 rings (SSSR count). The van der Waals surface area contributed by atoms with Gasteiger partial charge in [0.2, 0.25) is 5.91 Å². The van der Waals surface area contributed by atoms with E-state index in [1.165, 1.54) is 11.3 Å². The SMILES string of the molecule is COc1ccc(CC2CC(=O)N(Cc3ccccc3)c3ccc(N4CCNCC4)cc32)cc1OC.Cl.Cl. The van der Waals surface area contributed by atoms with Gasteiger partial charge in [-0.3, -0.25) is 4.79 Å². The Morgan fingerprint density at radius 3 is 2.30 bits per heavy atom. The molecule has 8 heteroatoms. The van der Waals surface area contributed by atoms with Crippen LogP contribution in [-0.4, -0.2) is 46.3 Å². The summed E-state index contributed by atoms with van der Waals surface area (Å²) in [6.45, 7) is 4.55. The van der Waals surface area contributed by atoms with Crippen LogP contribution in [0.3, 0.4) is 0 Å². The van der Waals surface area contributed by atoms with Gasteiger partial charge in [0.25, 0.3) is 0 Å². The van der Waals surface area contributed by atoms with E-state index in [0.717, 1.165) is 49.4 Å². The van der Waals surface area contributed by atoms with Crippen LogP contribution < -0.4 is 24.6 Å². The van der Waals surface area contributed by atoms with Crippen LogP contribution in [0.15, 0.2) is 66.7 Å². The molecule has 1 N–H and O–H groups in total. The summed E-state index contributed by atoms with van der Waals surface area (Å²) in [7, 11) is 3.30. The van der Waals surface area contributed by atoms with Crippen LogP contribution in [0.5, 0.6) is 11.5 Å². The van der Waals surface area contributed by atoms with Crippen molar-refractivity contribution < 1.29 is 14.3 Å². The summed E-state index contributed by atoms with van der Waals surface area (Å²) >= 11 is 0. The molecule has 198 valence electrons. The molecular weight excluding hydrogens is 509 g/mol. The third-order valence-corrected chi connectivity index (χ3v) is 7.06. The Morgan fingerprint density at radius 2 is 1.59 bits per heavy atom. The van der Waals surface area contributed by atoms with Gasteiger partial charge in [-0.2, -0.15) is 0 Å². The molecule has 0 spiro atoms. The molecule has 2 heterocycles. The predicted molar refractivity (Wildman–Crippen MR) is 154 cm³/mol. The number of ether oxygens (including phenoxy) is 2. The van der Waals surface area contributed by atoms with Crippen molar-refractivity contribution in [3.63, 3.8) is 0 Å². The van der Waals surface area contributed by atoms with Gasteiger partial charge in [0.1, 0.15) is 0 Å². The Bertz CT molecular complexity index is 1190. The van der Waals surface area contributed by atoms with Crippen LogP contribution in [0.25, 0.3) is 0 Å². The van der Waals surface area contributed by atoms with Gasteiger partial charge in [0.15, 0.2) is 11.5 Å². The van der Waals surface area contributed by atoms with Gasteiger partial charge in [-0.1, -0.05) is 36.4 Å². The highest BCUT2D eigenvalue weighted by Gasteiger charge is 2.32. The minimum absolute atomic E-state index is 0. The molecule has 1 amide bonds. The normalized spacial score (nSPS) is 16.8. The highest BCUT2D eigenvalue weighted by molar-refractivity contribution is 5.97. The van der Waals surface area contributed by atoms with E-state index in [4.69, 9.17) is 9.47 Å². The van der Waals surface area contributed by atoms with E-state index in [0.29, 0.717) is 24.5 Å². The largest absolute Gasteiger partial charge is 0.493 e. The molecule has 0 aromatic heterocycles. The Hall–Kier alpha value is -2.93. The number of hydrogen-bond acceptors (Lipinski definition) is 5. The first kappa shape index (κ1) is 28.6. The number of halogens is 2. The Balaban J connectivity index is 0.00000190. The maximum Gasteiger partial charge on any atom is 0.227 e. The maximum atomic E-state index is 13.4. The summed E-state index contributed by atoms with van der Waals surface area (Å²) in [4.78, 5) is 17.8. The fraction of sp³-hybridized carbons (Fsp3) is 0.345. The summed E-state index contributed by atoms with van der Waals surface area (Å²) < 4.78 is 10.9. The number of anilines is 2. The van der Waals surface area contributed by atoms with Gasteiger partial charge in [-0.15, -0.1) is 24.8 Å². The van der Waals surface area contributed by atoms with Crippen molar-refractivity contribution in [2.75, 3.05) is 50.2 Å². The number of methoxy groups -OCH3 is 2. The second-order valence-electron chi connectivity index (χ2n) is 9.24. The molecule has 2 aliphatic heterocycles. The van der Waals surface area contributed by atoms with Crippen LogP contribution in [0.2, 0.25) is 0 Å². The van der Waals surface area contributed by atoms with E-state index < -0.39 is 0 Å². The minimum atomic E-state index is 0. The maximum absolute atomic E-state index is 13.4. The fourth-order valence-electron chi connectivity index (χ4n) is 5.21. The van der Waals surface area contributed by atoms with E-state index in [9.17, 15) is 4.79 Å². The fourth-order valence-corrected chi connectivity index (χ4v) is 5.21. The molecule has 0 saturated carbocycles. The lowest BCUT2D eigenvalue weighted by Crippen LogP contribution is -2.43.